The lowest BCUT2D eigenvalue weighted by Gasteiger charge is -1.98. The fourth-order valence-electron chi connectivity index (χ4n) is 1.54. The van der Waals surface area contributed by atoms with Gasteiger partial charge in [-0.25, -0.2) is 8.78 Å². The third-order valence-electron chi connectivity index (χ3n) is 2.26. The SMILES string of the molecule is O=CCc1cc2ccc(C(F)F)cc2[nH]1. The highest BCUT2D eigenvalue weighted by molar-refractivity contribution is 5.81. The molecule has 78 valence electrons. The van der Waals surface area contributed by atoms with Crippen LogP contribution in [0.3, 0.4) is 0 Å². The highest BCUT2D eigenvalue weighted by Crippen LogP contribution is 2.23. The van der Waals surface area contributed by atoms with Crippen LogP contribution in [0.2, 0.25) is 0 Å². The van der Waals surface area contributed by atoms with Crippen molar-refractivity contribution >= 4 is 17.2 Å². The van der Waals surface area contributed by atoms with Gasteiger partial charge in [-0.2, -0.15) is 0 Å². The molecule has 0 bridgehead atoms. The Hall–Kier alpha value is -1.71. The van der Waals surface area contributed by atoms with E-state index in [1.165, 1.54) is 12.1 Å². The molecule has 15 heavy (non-hydrogen) atoms. The number of hydrogen-bond acceptors (Lipinski definition) is 1. The average molecular weight is 209 g/mol. The van der Waals surface area contributed by atoms with Crippen LogP contribution < -0.4 is 0 Å². The fourth-order valence-corrected chi connectivity index (χ4v) is 1.54. The lowest BCUT2D eigenvalue weighted by molar-refractivity contribution is -0.107. The number of aromatic nitrogens is 1. The topological polar surface area (TPSA) is 32.9 Å². The Bertz CT molecular complexity index is 490. The molecule has 0 saturated carbocycles. The third-order valence-corrected chi connectivity index (χ3v) is 2.26. The Kier molecular flexibility index (Phi) is 2.49. The number of halogens is 2. The summed E-state index contributed by atoms with van der Waals surface area (Å²) in [5.41, 5.74) is 1.37. The molecule has 2 rings (SSSR count). The maximum atomic E-state index is 12.4. The van der Waals surface area contributed by atoms with Gasteiger partial charge in [0.2, 0.25) is 0 Å². The molecule has 1 N–H and O–H groups in total. The average Bonchev–Trinajstić information content (AvgIpc) is 2.59. The summed E-state index contributed by atoms with van der Waals surface area (Å²) in [6.07, 6.45) is -1.41. The third kappa shape index (κ3) is 1.88. The molecule has 0 unspecified atom stereocenters. The second kappa shape index (κ2) is 3.81. The predicted molar refractivity (Wildman–Crippen MR) is 53.0 cm³/mol. The number of alkyl halides is 2. The van der Waals surface area contributed by atoms with Gasteiger partial charge in [0.25, 0.3) is 6.43 Å². The molecule has 1 heterocycles. The van der Waals surface area contributed by atoms with Crippen LogP contribution in [-0.2, 0) is 11.2 Å². The van der Waals surface area contributed by atoms with E-state index in [1.54, 1.807) is 12.1 Å². The summed E-state index contributed by atoms with van der Waals surface area (Å²) < 4.78 is 24.8. The second-order valence-electron chi connectivity index (χ2n) is 3.31. The van der Waals surface area contributed by atoms with Crippen molar-refractivity contribution in [3.63, 3.8) is 0 Å². The van der Waals surface area contributed by atoms with Crippen LogP contribution in [0.5, 0.6) is 0 Å². The number of rotatable bonds is 3. The first-order valence-electron chi connectivity index (χ1n) is 4.54. The van der Waals surface area contributed by atoms with E-state index in [1.807, 2.05) is 0 Å². The maximum absolute atomic E-state index is 12.4. The van der Waals surface area contributed by atoms with Gasteiger partial charge in [0.05, 0.1) is 0 Å². The number of nitrogens with one attached hydrogen (secondary N) is 1. The van der Waals surface area contributed by atoms with E-state index in [0.29, 0.717) is 5.52 Å². The lowest BCUT2D eigenvalue weighted by Crippen LogP contribution is -1.84. The summed E-state index contributed by atoms with van der Waals surface area (Å²) in [5, 5.41) is 0.844. The normalized spacial score (nSPS) is 11.1. The van der Waals surface area contributed by atoms with Crippen LogP contribution in [0.15, 0.2) is 24.3 Å². The van der Waals surface area contributed by atoms with Crippen molar-refractivity contribution in [2.24, 2.45) is 0 Å². The molecule has 0 aliphatic rings. The first kappa shape index (κ1) is 9.83. The highest BCUT2D eigenvalue weighted by Gasteiger charge is 2.08. The van der Waals surface area contributed by atoms with Gasteiger partial charge in [-0.05, 0) is 17.5 Å². The standard InChI is InChI=1S/C11H9F2NO/c12-11(13)8-2-1-7-5-9(3-4-15)14-10(7)6-8/h1-2,4-6,11,14H,3H2. The van der Waals surface area contributed by atoms with E-state index in [0.717, 1.165) is 17.4 Å². The molecule has 0 amide bonds. The number of aromatic amines is 1. The molecule has 2 nitrogen and oxygen atoms in total. The van der Waals surface area contributed by atoms with Crippen molar-refractivity contribution < 1.29 is 13.6 Å². The van der Waals surface area contributed by atoms with Gasteiger partial charge in [0.15, 0.2) is 0 Å². The summed E-state index contributed by atoms with van der Waals surface area (Å²) >= 11 is 0. The maximum Gasteiger partial charge on any atom is 0.263 e. The van der Waals surface area contributed by atoms with E-state index in [9.17, 15) is 13.6 Å². The Morgan fingerprint density at radius 3 is 2.80 bits per heavy atom. The lowest BCUT2D eigenvalue weighted by atomic mass is 10.2. The second-order valence-corrected chi connectivity index (χ2v) is 3.31. The minimum atomic E-state index is -2.47. The van der Waals surface area contributed by atoms with Gasteiger partial charge < -0.3 is 9.78 Å². The van der Waals surface area contributed by atoms with Crippen LogP contribution >= 0.6 is 0 Å². The molecule has 0 aliphatic carbocycles. The van der Waals surface area contributed by atoms with Gasteiger partial charge in [0.1, 0.15) is 6.29 Å². The Morgan fingerprint density at radius 1 is 1.33 bits per heavy atom. The van der Waals surface area contributed by atoms with Gasteiger partial charge in [-0.1, -0.05) is 12.1 Å². The Labute approximate surface area is 84.9 Å². The number of carbonyl (C=O) groups is 1. The minimum absolute atomic E-state index is 0.0120. The first-order chi connectivity index (χ1) is 7.20. The highest BCUT2D eigenvalue weighted by atomic mass is 19.3. The zero-order chi connectivity index (χ0) is 10.8. The molecule has 0 spiro atoms. The van der Waals surface area contributed by atoms with Crippen LogP contribution in [-0.4, -0.2) is 11.3 Å². The summed E-state index contributed by atoms with van der Waals surface area (Å²) in [4.78, 5) is 13.2. The molecular weight excluding hydrogens is 200 g/mol. The smallest absolute Gasteiger partial charge is 0.263 e. The molecule has 0 saturated heterocycles. The van der Waals surface area contributed by atoms with Crippen LogP contribution in [0, 0.1) is 0 Å². The Balaban J connectivity index is 2.47. The number of hydrogen-bond donors (Lipinski definition) is 1. The largest absolute Gasteiger partial charge is 0.358 e. The van der Waals surface area contributed by atoms with Crippen LogP contribution in [0.1, 0.15) is 17.7 Å². The molecule has 0 radical (unpaired) electrons. The molecule has 2 aromatic rings. The number of fused-ring (bicyclic) bond motifs is 1. The van der Waals surface area contributed by atoms with E-state index in [4.69, 9.17) is 0 Å². The van der Waals surface area contributed by atoms with Gasteiger partial charge in [-0.15, -0.1) is 0 Å². The number of carbonyl (C=O) groups excluding carboxylic acids is 1. The molecule has 1 aromatic carbocycles. The van der Waals surface area contributed by atoms with E-state index in [2.05, 4.69) is 4.98 Å². The van der Waals surface area contributed by atoms with Crippen molar-refractivity contribution in [3.05, 3.63) is 35.5 Å². The van der Waals surface area contributed by atoms with Crippen molar-refractivity contribution in [1.29, 1.82) is 0 Å². The van der Waals surface area contributed by atoms with E-state index < -0.39 is 6.43 Å². The van der Waals surface area contributed by atoms with Crippen LogP contribution in [0.25, 0.3) is 10.9 Å². The van der Waals surface area contributed by atoms with Crippen molar-refractivity contribution in [3.8, 4) is 0 Å². The molecular formula is C11H9F2NO. The number of aldehydes is 1. The molecule has 1 aromatic heterocycles. The molecule has 0 aliphatic heterocycles. The van der Waals surface area contributed by atoms with Crippen LogP contribution in [0.4, 0.5) is 8.78 Å². The van der Waals surface area contributed by atoms with Crippen molar-refractivity contribution in [1.82, 2.24) is 4.98 Å². The number of H-pyrrole nitrogens is 1. The van der Waals surface area contributed by atoms with E-state index >= 15 is 0 Å². The summed E-state index contributed by atoms with van der Waals surface area (Å²) in [7, 11) is 0. The summed E-state index contributed by atoms with van der Waals surface area (Å²) in [6, 6.07) is 6.22. The number of benzene rings is 1. The zero-order valence-electron chi connectivity index (χ0n) is 7.84. The van der Waals surface area contributed by atoms with Crippen molar-refractivity contribution in [2.45, 2.75) is 12.8 Å². The summed E-state index contributed by atoms with van der Waals surface area (Å²) in [5.74, 6) is 0. The summed E-state index contributed by atoms with van der Waals surface area (Å²) in [6.45, 7) is 0. The first-order valence-corrected chi connectivity index (χ1v) is 4.54. The molecule has 0 atom stereocenters. The molecule has 4 heteroatoms. The monoisotopic (exact) mass is 209 g/mol. The van der Waals surface area contributed by atoms with Gasteiger partial charge >= 0.3 is 0 Å². The van der Waals surface area contributed by atoms with Crippen molar-refractivity contribution in [2.75, 3.05) is 0 Å². The molecule has 0 fully saturated rings. The quantitative estimate of drug-likeness (QED) is 0.774. The van der Waals surface area contributed by atoms with E-state index in [-0.39, 0.29) is 12.0 Å². The van der Waals surface area contributed by atoms with Gasteiger partial charge in [0, 0.05) is 23.2 Å². The zero-order valence-corrected chi connectivity index (χ0v) is 7.84. The van der Waals surface area contributed by atoms with Gasteiger partial charge in [-0.3, -0.25) is 0 Å². The Morgan fingerprint density at radius 2 is 2.13 bits per heavy atom. The fraction of sp³-hybridized carbons (Fsp3) is 0.182. The predicted octanol–water partition coefficient (Wildman–Crippen LogP) is 2.85. The minimum Gasteiger partial charge on any atom is -0.358 e.